The first-order valence-corrected chi connectivity index (χ1v) is 13.5. The van der Waals surface area contributed by atoms with Crippen LogP contribution in [0.1, 0.15) is 20.8 Å². The number of halogens is 1. The normalized spacial score (nSPS) is 13.4. The molecule has 1 aromatic carbocycles. The van der Waals surface area contributed by atoms with Crippen LogP contribution >= 0.6 is 0 Å². The van der Waals surface area contributed by atoms with Gasteiger partial charge in [0.15, 0.2) is 17.2 Å². The number of benzene rings is 1. The quantitative estimate of drug-likeness (QED) is 0.313. The molecule has 3 aromatic heterocycles. The minimum atomic E-state index is -0.704. The van der Waals surface area contributed by atoms with Crippen molar-refractivity contribution in [3.63, 3.8) is 0 Å². The number of aromatic nitrogens is 5. The Labute approximate surface area is 247 Å². The maximum absolute atomic E-state index is 15.8. The van der Waals surface area contributed by atoms with Gasteiger partial charge in [0.1, 0.15) is 29.2 Å². The van der Waals surface area contributed by atoms with E-state index in [1.807, 2.05) is 0 Å². The molecular formula is C29H33FN8O5. The fraction of sp³-hybridized carbons (Fsp3) is 0.379. The molecule has 14 heteroatoms. The average Bonchev–Trinajstić information content (AvgIpc) is 3.65. The lowest BCUT2D eigenvalue weighted by atomic mass is 10.2. The number of methoxy groups -OCH3 is 2. The molecule has 0 spiro atoms. The van der Waals surface area contributed by atoms with Crippen LogP contribution in [0, 0.1) is 5.82 Å². The van der Waals surface area contributed by atoms with E-state index < -0.39 is 17.5 Å². The molecule has 43 heavy (non-hydrogen) atoms. The maximum atomic E-state index is 15.8. The van der Waals surface area contributed by atoms with E-state index in [2.05, 4.69) is 20.1 Å². The van der Waals surface area contributed by atoms with E-state index in [-0.39, 0.29) is 36.4 Å². The van der Waals surface area contributed by atoms with Crippen molar-refractivity contribution in [2.75, 3.05) is 45.4 Å². The Balaban J connectivity index is 1.51. The van der Waals surface area contributed by atoms with E-state index in [1.165, 1.54) is 41.1 Å². The summed E-state index contributed by atoms with van der Waals surface area (Å²) < 4.78 is 33.5. The number of ether oxygens (including phenoxy) is 3. The maximum Gasteiger partial charge on any atom is 0.411 e. The minimum Gasteiger partial charge on any atom is -0.497 e. The van der Waals surface area contributed by atoms with Crippen LogP contribution in [0.2, 0.25) is 0 Å². The van der Waals surface area contributed by atoms with Crippen LogP contribution in [0.25, 0.3) is 22.4 Å². The van der Waals surface area contributed by atoms with E-state index in [9.17, 15) is 9.59 Å². The Morgan fingerprint density at radius 2 is 1.81 bits per heavy atom. The van der Waals surface area contributed by atoms with Gasteiger partial charge in [0.2, 0.25) is 5.91 Å². The fourth-order valence-corrected chi connectivity index (χ4v) is 4.54. The van der Waals surface area contributed by atoms with Gasteiger partial charge < -0.3 is 24.0 Å². The summed E-state index contributed by atoms with van der Waals surface area (Å²) >= 11 is 0. The molecule has 4 aromatic rings. The van der Waals surface area contributed by atoms with E-state index in [0.29, 0.717) is 35.7 Å². The van der Waals surface area contributed by atoms with Gasteiger partial charge in [-0.05, 0) is 32.9 Å². The molecule has 0 unspecified atom stereocenters. The van der Waals surface area contributed by atoms with Crippen LogP contribution < -0.4 is 14.4 Å². The highest BCUT2D eigenvalue weighted by atomic mass is 19.1. The number of hydrogen-bond donors (Lipinski definition) is 0. The molecule has 0 N–H and O–H groups in total. The summed E-state index contributed by atoms with van der Waals surface area (Å²) in [6, 6.07) is 6.21. The molecule has 0 saturated carbocycles. The van der Waals surface area contributed by atoms with Gasteiger partial charge in [0.25, 0.3) is 0 Å². The zero-order chi connectivity index (χ0) is 30.9. The molecule has 0 atom stereocenters. The van der Waals surface area contributed by atoms with Gasteiger partial charge in [-0.15, -0.1) is 0 Å². The van der Waals surface area contributed by atoms with Crippen LogP contribution in [-0.4, -0.2) is 92.7 Å². The third-order valence-electron chi connectivity index (χ3n) is 6.69. The number of rotatable bonds is 7. The largest absolute Gasteiger partial charge is 0.497 e. The van der Waals surface area contributed by atoms with Crippen molar-refractivity contribution in [2.24, 2.45) is 7.05 Å². The minimum absolute atomic E-state index is 0.0102. The summed E-state index contributed by atoms with van der Waals surface area (Å²) in [4.78, 5) is 44.4. The number of amides is 2. The third kappa shape index (κ3) is 6.42. The van der Waals surface area contributed by atoms with Crippen molar-refractivity contribution < 1.29 is 28.2 Å². The summed E-state index contributed by atoms with van der Waals surface area (Å²) in [5.41, 5.74) is 1.46. The predicted octanol–water partition coefficient (Wildman–Crippen LogP) is 3.76. The summed E-state index contributed by atoms with van der Waals surface area (Å²) in [6.45, 7) is 5.67. The number of carbonyl (C=O) groups excluding carboxylic acids is 2. The number of carbonyl (C=O) groups is 2. The predicted molar refractivity (Wildman–Crippen MR) is 156 cm³/mol. The van der Waals surface area contributed by atoms with Crippen LogP contribution in [-0.2, 0) is 16.6 Å². The van der Waals surface area contributed by atoms with Crippen LogP contribution in [0.4, 0.5) is 20.7 Å². The Kier molecular flexibility index (Phi) is 8.02. The van der Waals surface area contributed by atoms with Gasteiger partial charge >= 0.3 is 6.09 Å². The lowest BCUT2D eigenvalue weighted by Crippen LogP contribution is -2.41. The Bertz CT molecular complexity index is 1670. The summed E-state index contributed by atoms with van der Waals surface area (Å²) in [5.74, 6) is -0.559. The highest BCUT2D eigenvalue weighted by Gasteiger charge is 2.32. The lowest BCUT2D eigenvalue weighted by molar-refractivity contribution is -0.129. The van der Waals surface area contributed by atoms with E-state index in [4.69, 9.17) is 14.2 Å². The van der Waals surface area contributed by atoms with E-state index >= 15 is 4.39 Å². The van der Waals surface area contributed by atoms with Crippen molar-refractivity contribution >= 4 is 34.7 Å². The molecule has 226 valence electrons. The van der Waals surface area contributed by atoms with Gasteiger partial charge in [-0.1, -0.05) is 0 Å². The van der Waals surface area contributed by atoms with E-state index in [1.54, 1.807) is 63.2 Å². The monoisotopic (exact) mass is 592 g/mol. The zero-order valence-electron chi connectivity index (χ0n) is 24.9. The standard InChI is InChI=1S/C29H33FN8O5/c1-29(2,3)43-28(40)37-10-9-36(17-37)25(39)16-38(22-11-19(41-5)12-23(42-6)26(22)30)24-8-7-20-27(34-24)33-21(14-31-20)18-13-32-35(4)15-18/h7-8,11-15H,9-10,16-17H2,1-6H3. The smallest absolute Gasteiger partial charge is 0.411 e. The number of pyridine rings is 1. The Morgan fingerprint density at radius 3 is 2.49 bits per heavy atom. The molecular weight excluding hydrogens is 559 g/mol. The number of anilines is 2. The van der Waals surface area contributed by atoms with Crippen molar-refractivity contribution in [1.29, 1.82) is 0 Å². The molecule has 5 rings (SSSR count). The summed E-state index contributed by atoms with van der Waals surface area (Å²) in [5, 5.41) is 4.19. The highest BCUT2D eigenvalue weighted by molar-refractivity contribution is 5.86. The molecule has 0 bridgehead atoms. The number of fused-ring (bicyclic) bond motifs is 1. The van der Waals surface area contributed by atoms with Gasteiger partial charge in [0.05, 0.1) is 44.7 Å². The average molecular weight is 593 g/mol. The van der Waals surface area contributed by atoms with Crippen LogP contribution in [0.3, 0.4) is 0 Å². The van der Waals surface area contributed by atoms with Crippen molar-refractivity contribution in [3.8, 4) is 22.8 Å². The van der Waals surface area contributed by atoms with Crippen molar-refractivity contribution in [1.82, 2.24) is 34.5 Å². The fourth-order valence-electron chi connectivity index (χ4n) is 4.54. The lowest BCUT2D eigenvalue weighted by Gasteiger charge is -2.28. The molecule has 1 saturated heterocycles. The first-order chi connectivity index (χ1) is 20.5. The first-order valence-electron chi connectivity index (χ1n) is 13.5. The third-order valence-corrected chi connectivity index (χ3v) is 6.69. The van der Waals surface area contributed by atoms with Crippen LogP contribution in [0.15, 0.2) is 42.9 Å². The molecule has 2 amide bonds. The number of hydrogen-bond acceptors (Lipinski definition) is 10. The van der Waals surface area contributed by atoms with Gasteiger partial charge in [-0.25, -0.2) is 19.2 Å². The molecule has 0 radical (unpaired) electrons. The highest BCUT2D eigenvalue weighted by Crippen LogP contribution is 2.36. The molecule has 1 aliphatic heterocycles. The van der Waals surface area contributed by atoms with Gasteiger partial charge in [-0.3, -0.25) is 19.4 Å². The SMILES string of the molecule is COc1cc(OC)c(F)c(N(CC(=O)N2CCN(C(=O)OC(C)(C)C)C2)c2ccc3ncc(-c4cnn(C)c4)nc3n2)c1. The molecule has 1 aliphatic rings. The van der Waals surface area contributed by atoms with Crippen molar-refractivity contribution in [2.45, 2.75) is 26.4 Å². The molecule has 0 aliphatic carbocycles. The van der Waals surface area contributed by atoms with Crippen molar-refractivity contribution in [3.05, 3.63) is 48.7 Å². The topological polar surface area (TPSA) is 128 Å². The molecule has 4 heterocycles. The van der Waals surface area contributed by atoms with E-state index in [0.717, 1.165) is 5.56 Å². The number of aryl methyl sites for hydroxylation is 1. The molecule has 13 nitrogen and oxygen atoms in total. The second-order valence-corrected chi connectivity index (χ2v) is 11.0. The Hall–Kier alpha value is -5.01. The van der Waals surface area contributed by atoms with Gasteiger partial charge in [-0.2, -0.15) is 5.10 Å². The molecule has 1 fully saturated rings. The summed E-state index contributed by atoms with van der Waals surface area (Å²) in [6.07, 6.45) is 4.58. The second kappa shape index (κ2) is 11.7. The van der Waals surface area contributed by atoms with Gasteiger partial charge in [0, 0.05) is 44.0 Å². The number of nitrogens with zero attached hydrogens (tertiary/aromatic N) is 8. The zero-order valence-corrected chi connectivity index (χ0v) is 24.9. The summed E-state index contributed by atoms with van der Waals surface area (Å²) in [7, 11) is 4.59. The second-order valence-electron chi connectivity index (χ2n) is 11.0. The van der Waals surface area contributed by atoms with Crippen LogP contribution in [0.5, 0.6) is 11.5 Å². The Morgan fingerprint density at radius 1 is 1.05 bits per heavy atom. The first kappa shape index (κ1) is 29.5.